The normalized spacial score (nSPS) is 12.7. The third-order valence-corrected chi connectivity index (χ3v) is 13.9. The molecular formula is C65H44N4. The molecule has 12 aromatic rings. The molecule has 10 aromatic carbocycles. The van der Waals surface area contributed by atoms with E-state index in [4.69, 9.17) is 9.97 Å². The van der Waals surface area contributed by atoms with Crippen LogP contribution in [0.5, 0.6) is 0 Å². The van der Waals surface area contributed by atoms with E-state index in [9.17, 15) is 0 Å². The minimum Gasteiger partial charge on any atom is -0.309 e. The molecule has 0 spiro atoms. The summed E-state index contributed by atoms with van der Waals surface area (Å²) in [5.41, 5.74) is 17.9. The van der Waals surface area contributed by atoms with E-state index < -0.39 is 5.41 Å². The molecule has 1 aliphatic heterocycles. The van der Waals surface area contributed by atoms with E-state index >= 15 is 0 Å². The molecule has 0 fully saturated rings. The highest BCUT2D eigenvalue weighted by molar-refractivity contribution is 6.10. The topological polar surface area (TPSA) is 34.0 Å². The Bertz CT molecular complexity index is 3730. The van der Waals surface area contributed by atoms with Gasteiger partial charge in [-0.1, -0.05) is 218 Å². The molecule has 2 aromatic heterocycles. The summed E-state index contributed by atoms with van der Waals surface area (Å²) in [5, 5.41) is 2.40. The third kappa shape index (κ3) is 6.68. The van der Waals surface area contributed by atoms with E-state index in [1.54, 1.807) is 0 Å². The average molecular weight is 881 g/mol. The predicted octanol–water partition coefficient (Wildman–Crippen LogP) is 16.4. The smallest absolute Gasteiger partial charge is 0.235 e. The van der Waals surface area contributed by atoms with Crippen LogP contribution in [-0.2, 0) is 5.41 Å². The zero-order valence-corrected chi connectivity index (χ0v) is 37.7. The van der Waals surface area contributed by atoms with Crippen LogP contribution >= 0.6 is 0 Å². The lowest BCUT2D eigenvalue weighted by Crippen LogP contribution is -2.38. The van der Waals surface area contributed by atoms with Crippen LogP contribution in [0.1, 0.15) is 22.3 Å². The van der Waals surface area contributed by atoms with Gasteiger partial charge in [0.15, 0.2) is 0 Å². The van der Waals surface area contributed by atoms with Gasteiger partial charge < -0.3 is 4.57 Å². The highest BCUT2D eigenvalue weighted by atomic mass is 15.3. The largest absolute Gasteiger partial charge is 0.309 e. The number of para-hydroxylation sites is 2. The van der Waals surface area contributed by atoms with Gasteiger partial charge in [0.1, 0.15) is 0 Å². The van der Waals surface area contributed by atoms with Gasteiger partial charge in [-0.3, -0.25) is 4.90 Å². The minimum atomic E-state index is -0.672. The van der Waals surface area contributed by atoms with Crippen LogP contribution in [0.15, 0.2) is 267 Å². The van der Waals surface area contributed by atoms with Gasteiger partial charge in [0.05, 0.1) is 39.2 Å². The Morgan fingerprint density at radius 3 is 1.46 bits per heavy atom. The summed E-state index contributed by atoms with van der Waals surface area (Å²) in [6, 6.07) is 96.0. The fraction of sp³-hybridized carbons (Fsp3) is 0.0154. The molecule has 0 saturated carbocycles. The molecule has 3 heterocycles. The Morgan fingerprint density at radius 1 is 0.304 bits per heavy atom. The van der Waals surface area contributed by atoms with E-state index in [-0.39, 0.29) is 0 Å². The molecule has 4 nitrogen and oxygen atoms in total. The lowest BCUT2D eigenvalue weighted by atomic mass is 9.62. The number of hydrogen-bond acceptors (Lipinski definition) is 3. The Morgan fingerprint density at radius 2 is 0.797 bits per heavy atom. The van der Waals surface area contributed by atoms with Crippen molar-refractivity contribution < 1.29 is 0 Å². The Hall–Kier alpha value is -9.12. The first-order chi connectivity index (χ1) is 34.2. The lowest BCUT2D eigenvalue weighted by Gasteiger charge is -2.46. The maximum absolute atomic E-state index is 5.49. The summed E-state index contributed by atoms with van der Waals surface area (Å²) in [5.74, 6) is 0.604. The molecule has 0 saturated heterocycles. The summed E-state index contributed by atoms with van der Waals surface area (Å²) >= 11 is 0. The summed E-state index contributed by atoms with van der Waals surface area (Å²) in [7, 11) is 0. The van der Waals surface area contributed by atoms with Crippen molar-refractivity contribution in [3.63, 3.8) is 0 Å². The first-order valence-corrected chi connectivity index (χ1v) is 23.6. The molecule has 0 bridgehead atoms. The standard InChI is InChI=1S/C65H44N4/c1-6-21-45(22-7-1)48-27-20-32-53(41-48)68-60-35-18-16-33-54(60)55-42-49(38-40-61(55)68)50-37-39-57-63(43-50)69(64-66-58(46-23-8-2-9-24-46)44-59(67-64)47-25-10-3-11-26-47)62-36-19-17-34-56(62)65(57,51-28-12-4-13-29-51)52-30-14-5-15-31-52/h1-44H. The third-order valence-electron chi connectivity index (χ3n) is 13.9. The molecule has 0 unspecified atom stereocenters. The molecule has 324 valence electrons. The van der Waals surface area contributed by atoms with Gasteiger partial charge in [0.2, 0.25) is 5.95 Å². The first kappa shape index (κ1) is 40.2. The number of rotatable bonds is 8. The minimum absolute atomic E-state index is 0.604. The van der Waals surface area contributed by atoms with Crippen LogP contribution in [0.3, 0.4) is 0 Å². The van der Waals surface area contributed by atoms with E-state index in [1.165, 1.54) is 38.5 Å². The van der Waals surface area contributed by atoms with Crippen molar-refractivity contribution in [2.75, 3.05) is 4.90 Å². The molecule has 0 atom stereocenters. The van der Waals surface area contributed by atoms with Gasteiger partial charge in [-0.15, -0.1) is 0 Å². The van der Waals surface area contributed by atoms with Gasteiger partial charge >= 0.3 is 0 Å². The number of fused-ring (bicyclic) bond motifs is 5. The number of nitrogens with zero attached hydrogens (tertiary/aromatic N) is 4. The number of anilines is 3. The van der Waals surface area contributed by atoms with Crippen molar-refractivity contribution in [3.8, 4) is 50.5 Å². The zero-order chi connectivity index (χ0) is 45.7. The van der Waals surface area contributed by atoms with Gasteiger partial charge in [0.25, 0.3) is 0 Å². The van der Waals surface area contributed by atoms with Gasteiger partial charge in [-0.05, 0) is 93.0 Å². The average Bonchev–Trinajstić information content (AvgIpc) is 3.77. The fourth-order valence-corrected chi connectivity index (χ4v) is 10.8. The zero-order valence-electron chi connectivity index (χ0n) is 37.7. The van der Waals surface area contributed by atoms with Crippen molar-refractivity contribution in [1.82, 2.24) is 14.5 Å². The second-order valence-electron chi connectivity index (χ2n) is 17.7. The molecule has 4 heteroatoms. The molecule has 69 heavy (non-hydrogen) atoms. The van der Waals surface area contributed by atoms with Gasteiger partial charge in [0, 0.05) is 27.6 Å². The van der Waals surface area contributed by atoms with Crippen LogP contribution in [0.25, 0.3) is 72.3 Å². The van der Waals surface area contributed by atoms with Crippen LogP contribution in [0.4, 0.5) is 17.3 Å². The van der Waals surface area contributed by atoms with E-state index in [2.05, 4.69) is 264 Å². The van der Waals surface area contributed by atoms with Crippen LogP contribution in [0.2, 0.25) is 0 Å². The van der Waals surface area contributed by atoms with E-state index in [1.807, 2.05) is 12.1 Å². The fourth-order valence-electron chi connectivity index (χ4n) is 10.8. The summed E-state index contributed by atoms with van der Waals surface area (Å²) < 4.78 is 2.40. The van der Waals surface area contributed by atoms with Crippen LogP contribution in [0, 0.1) is 0 Å². The van der Waals surface area contributed by atoms with Crippen molar-refractivity contribution in [3.05, 3.63) is 289 Å². The molecule has 0 aliphatic carbocycles. The van der Waals surface area contributed by atoms with Crippen LogP contribution in [-0.4, -0.2) is 14.5 Å². The Labute approximate surface area is 401 Å². The lowest BCUT2D eigenvalue weighted by molar-refractivity contribution is 0.729. The first-order valence-electron chi connectivity index (χ1n) is 23.6. The maximum atomic E-state index is 5.49. The van der Waals surface area contributed by atoms with Crippen molar-refractivity contribution in [2.45, 2.75) is 5.41 Å². The quantitative estimate of drug-likeness (QED) is 0.152. The van der Waals surface area contributed by atoms with E-state index in [0.717, 1.165) is 67.3 Å². The monoisotopic (exact) mass is 880 g/mol. The van der Waals surface area contributed by atoms with Gasteiger partial charge in [-0.2, -0.15) is 0 Å². The summed E-state index contributed by atoms with van der Waals surface area (Å²) in [6.07, 6.45) is 0. The maximum Gasteiger partial charge on any atom is 0.235 e. The molecule has 13 rings (SSSR count). The molecule has 0 N–H and O–H groups in total. The summed E-state index contributed by atoms with van der Waals surface area (Å²) in [4.78, 5) is 13.3. The second-order valence-corrected chi connectivity index (χ2v) is 17.7. The highest BCUT2D eigenvalue weighted by Crippen LogP contribution is 2.58. The second kappa shape index (κ2) is 16.6. The number of hydrogen-bond donors (Lipinski definition) is 0. The Balaban J connectivity index is 1.06. The molecular weight excluding hydrogens is 837 g/mol. The SMILES string of the molecule is c1ccc(-c2cccc(-n3c4ccccc4c4cc(-c5ccc6c(c5)N(c5nc(-c7ccccc7)cc(-c7ccccc7)n5)c5ccccc5C6(c5ccccc5)c5ccccc5)ccc43)c2)cc1. The van der Waals surface area contributed by atoms with E-state index in [0.29, 0.717) is 5.95 Å². The highest BCUT2D eigenvalue weighted by Gasteiger charge is 2.47. The molecule has 0 amide bonds. The van der Waals surface area contributed by atoms with Crippen molar-refractivity contribution >= 4 is 39.1 Å². The number of aromatic nitrogens is 3. The van der Waals surface area contributed by atoms with Crippen LogP contribution < -0.4 is 4.90 Å². The molecule has 1 aliphatic rings. The molecule has 0 radical (unpaired) electrons. The summed E-state index contributed by atoms with van der Waals surface area (Å²) in [6.45, 7) is 0. The predicted molar refractivity (Wildman–Crippen MR) is 285 cm³/mol. The van der Waals surface area contributed by atoms with Gasteiger partial charge in [-0.25, -0.2) is 9.97 Å². The van der Waals surface area contributed by atoms with Crippen molar-refractivity contribution in [1.29, 1.82) is 0 Å². The number of benzene rings is 10. The Kier molecular flexibility index (Phi) is 9.69. The van der Waals surface area contributed by atoms with Crippen molar-refractivity contribution in [2.24, 2.45) is 0 Å².